The summed E-state index contributed by atoms with van der Waals surface area (Å²) in [6, 6.07) is 10.1. The molecular weight excluding hydrogens is 236 g/mol. The largest absolute Gasteiger partial charge is 0.390 e. The lowest BCUT2D eigenvalue weighted by atomic mass is 9.77. The smallest absolute Gasteiger partial charge is 0.109 e. The molecule has 0 aliphatic heterocycles. The summed E-state index contributed by atoms with van der Waals surface area (Å²) >= 11 is 0. The Kier molecular flexibility index (Phi) is 5.41. The number of aliphatic hydroxyl groups excluding tert-OH is 1. The third kappa shape index (κ3) is 3.80. The van der Waals surface area contributed by atoms with Crippen molar-refractivity contribution in [1.82, 2.24) is 0 Å². The second-order valence-corrected chi connectivity index (χ2v) is 5.81. The maximum atomic E-state index is 10.7. The van der Waals surface area contributed by atoms with E-state index in [0.29, 0.717) is 12.5 Å². The van der Waals surface area contributed by atoms with Gasteiger partial charge in [-0.05, 0) is 37.2 Å². The minimum absolute atomic E-state index is 0.179. The summed E-state index contributed by atoms with van der Waals surface area (Å²) in [4.78, 5) is 0. The summed E-state index contributed by atoms with van der Waals surface area (Å²) in [5.74, 6) is 1.10. The van der Waals surface area contributed by atoms with E-state index in [2.05, 4.69) is 19.1 Å². The van der Waals surface area contributed by atoms with Crippen LogP contribution in [0.2, 0.25) is 0 Å². The van der Waals surface area contributed by atoms with Crippen LogP contribution in [0, 0.1) is 11.8 Å². The Morgan fingerprint density at radius 1 is 1.26 bits per heavy atom. The molecule has 0 radical (unpaired) electrons. The van der Waals surface area contributed by atoms with Gasteiger partial charge < -0.3 is 9.84 Å². The van der Waals surface area contributed by atoms with Crippen LogP contribution in [0.25, 0.3) is 0 Å². The van der Waals surface area contributed by atoms with Gasteiger partial charge in [-0.25, -0.2) is 0 Å². The Labute approximate surface area is 116 Å². The molecule has 1 aliphatic rings. The highest BCUT2D eigenvalue weighted by Crippen LogP contribution is 2.36. The summed E-state index contributed by atoms with van der Waals surface area (Å²) in [6.45, 7) is 4.92. The normalized spacial score (nSPS) is 26.9. The number of benzene rings is 1. The molecule has 1 aromatic rings. The van der Waals surface area contributed by atoms with Crippen molar-refractivity contribution in [2.45, 2.75) is 51.7 Å². The van der Waals surface area contributed by atoms with Gasteiger partial charge in [-0.3, -0.25) is 0 Å². The topological polar surface area (TPSA) is 29.5 Å². The van der Waals surface area contributed by atoms with Gasteiger partial charge in [-0.2, -0.15) is 0 Å². The van der Waals surface area contributed by atoms with E-state index >= 15 is 0 Å². The first-order chi connectivity index (χ1) is 9.22. The molecular formula is C17H26O2. The Balaban J connectivity index is 2.09. The second-order valence-electron chi connectivity index (χ2n) is 5.81. The van der Waals surface area contributed by atoms with Gasteiger partial charge in [0.25, 0.3) is 0 Å². The van der Waals surface area contributed by atoms with Crippen LogP contribution >= 0.6 is 0 Å². The maximum Gasteiger partial charge on any atom is 0.109 e. The van der Waals surface area contributed by atoms with Gasteiger partial charge in [0.05, 0.1) is 6.10 Å². The average molecular weight is 262 g/mol. The molecule has 2 nitrogen and oxygen atoms in total. The fraction of sp³-hybridized carbons (Fsp3) is 0.647. The van der Waals surface area contributed by atoms with E-state index in [1.807, 2.05) is 25.1 Å². The third-order valence-electron chi connectivity index (χ3n) is 4.24. The lowest BCUT2D eigenvalue weighted by molar-refractivity contribution is -0.0705. The van der Waals surface area contributed by atoms with Crippen LogP contribution in [0.1, 0.15) is 51.2 Å². The molecule has 0 saturated heterocycles. The Hall–Kier alpha value is -0.860. The monoisotopic (exact) mass is 262 g/mol. The molecule has 0 heterocycles. The van der Waals surface area contributed by atoms with E-state index in [-0.39, 0.29) is 12.2 Å². The van der Waals surface area contributed by atoms with Crippen molar-refractivity contribution in [3.05, 3.63) is 35.9 Å². The molecule has 1 saturated carbocycles. The average Bonchev–Trinajstić information content (AvgIpc) is 2.45. The van der Waals surface area contributed by atoms with Crippen LogP contribution in [-0.4, -0.2) is 17.8 Å². The van der Waals surface area contributed by atoms with Gasteiger partial charge in [0.2, 0.25) is 0 Å². The quantitative estimate of drug-likeness (QED) is 0.870. The molecule has 2 heteroatoms. The highest BCUT2D eigenvalue weighted by Gasteiger charge is 2.32. The van der Waals surface area contributed by atoms with Gasteiger partial charge in [-0.1, -0.05) is 50.1 Å². The van der Waals surface area contributed by atoms with E-state index in [0.717, 1.165) is 24.3 Å². The highest BCUT2D eigenvalue weighted by atomic mass is 16.5. The molecule has 4 unspecified atom stereocenters. The van der Waals surface area contributed by atoms with Crippen LogP contribution in [0.4, 0.5) is 0 Å². The van der Waals surface area contributed by atoms with Crippen LogP contribution in [0.5, 0.6) is 0 Å². The fourth-order valence-electron chi connectivity index (χ4n) is 3.25. The van der Waals surface area contributed by atoms with Crippen molar-refractivity contribution in [3.63, 3.8) is 0 Å². The first kappa shape index (κ1) is 14.5. The van der Waals surface area contributed by atoms with Gasteiger partial charge in [0.15, 0.2) is 0 Å². The van der Waals surface area contributed by atoms with Gasteiger partial charge >= 0.3 is 0 Å². The summed E-state index contributed by atoms with van der Waals surface area (Å²) in [5.41, 5.74) is 1.09. The molecule has 0 spiro atoms. The number of aliphatic hydroxyl groups is 1. The molecule has 0 bridgehead atoms. The molecule has 1 aromatic carbocycles. The summed E-state index contributed by atoms with van der Waals surface area (Å²) < 4.78 is 5.83. The maximum absolute atomic E-state index is 10.7. The fourth-order valence-corrected chi connectivity index (χ4v) is 3.25. The van der Waals surface area contributed by atoms with Crippen molar-refractivity contribution >= 4 is 0 Å². The van der Waals surface area contributed by atoms with Crippen LogP contribution in [0.15, 0.2) is 30.3 Å². The first-order valence-corrected chi connectivity index (χ1v) is 7.57. The molecule has 106 valence electrons. The number of hydrogen-bond donors (Lipinski definition) is 1. The van der Waals surface area contributed by atoms with Crippen LogP contribution < -0.4 is 0 Å². The molecule has 0 amide bonds. The minimum atomic E-state index is -0.384. The van der Waals surface area contributed by atoms with Crippen molar-refractivity contribution in [2.24, 2.45) is 11.8 Å². The van der Waals surface area contributed by atoms with E-state index in [1.165, 1.54) is 12.8 Å². The molecule has 1 aliphatic carbocycles. The molecule has 19 heavy (non-hydrogen) atoms. The van der Waals surface area contributed by atoms with Gasteiger partial charge in [0.1, 0.15) is 6.10 Å². The zero-order valence-electron chi connectivity index (χ0n) is 12.1. The zero-order valence-corrected chi connectivity index (χ0v) is 12.1. The van der Waals surface area contributed by atoms with Crippen LogP contribution in [0.3, 0.4) is 0 Å². The third-order valence-corrected chi connectivity index (χ3v) is 4.24. The minimum Gasteiger partial charge on any atom is -0.390 e. The molecule has 1 N–H and O–H groups in total. The zero-order chi connectivity index (χ0) is 13.7. The number of rotatable bonds is 5. The standard InChI is InChI=1S/C17H26O2/c1-3-19-17(14-9-5-4-6-10-14)16(18)15-11-7-8-13(2)12-15/h4-6,9-10,13,15-18H,3,7-8,11-12H2,1-2H3. The molecule has 4 atom stereocenters. The Morgan fingerprint density at radius 3 is 2.63 bits per heavy atom. The molecule has 1 fully saturated rings. The predicted octanol–water partition coefficient (Wildman–Crippen LogP) is 3.95. The van der Waals surface area contributed by atoms with Crippen molar-refractivity contribution < 1.29 is 9.84 Å². The first-order valence-electron chi connectivity index (χ1n) is 7.57. The van der Waals surface area contributed by atoms with Crippen molar-refractivity contribution in [3.8, 4) is 0 Å². The van der Waals surface area contributed by atoms with E-state index in [4.69, 9.17) is 4.74 Å². The predicted molar refractivity (Wildman–Crippen MR) is 77.9 cm³/mol. The van der Waals surface area contributed by atoms with E-state index in [9.17, 15) is 5.11 Å². The summed E-state index contributed by atoms with van der Waals surface area (Å²) in [5, 5.41) is 10.7. The van der Waals surface area contributed by atoms with E-state index in [1.54, 1.807) is 0 Å². The molecule has 2 rings (SSSR count). The highest BCUT2D eigenvalue weighted by molar-refractivity contribution is 5.19. The van der Waals surface area contributed by atoms with Gasteiger partial charge in [-0.15, -0.1) is 0 Å². The van der Waals surface area contributed by atoms with Crippen molar-refractivity contribution in [2.75, 3.05) is 6.61 Å². The Morgan fingerprint density at radius 2 is 2.00 bits per heavy atom. The lowest BCUT2D eigenvalue weighted by Crippen LogP contribution is -2.32. The molecule has 0 aromatic heterocycles. The summed E-state index contributed by atoms with van der Waals surface area (Å²) in [6.07, 6.45) is 4.22. The lowest BCUT2D eigenvalue weighted by Gasteiger charge is -2.34. The Bertz CT molecular complexity index is 363. The summed E-state index contributed by atoms with van der Waals surface area (Å²) in [7, 11) is 0. The SMILES string of the molecule is CCOC(c1ccccc1)C(O)C1CCCC(C)C1. The number of hydrogen-bond acceptors (Lipinski definition) is 2. The van der Waals surface area contributed by atoms with Crippen molar-refractivity contribution in [1.29, 1.82) is 0 Å². The van der Waals surface area contributed by atoms with E-state index < -0.39 is 0 Å². The van der Waals surface area contributed by atoms with Crippen LogP contribution in [-0.2, 0) is 4.74 Å². The van der Waals surface area contributed by atoms with Gasteiger partial charge in [0, 0.05) is 6.61 Å². The second kappa shape index (κ2) is 7.06. The number of ether oxygens (including phenoxy) is 1.